The molecule has 0 radical (unpaired) electrons. The molecular weight excluding hydrogens is 286 g/mol. The summed E-state index contributed by atoms with van der Waals surface area (Å²) in [7, 11) is 1.82. The van der Waals surface area contributed by atoms with Gasteiger partial charge < -0.3 is 15.4 Å². The van der Waals surface area contributed by atoms with Crippen molar-refractivity contribution in [2.45, 2.75) is 26.3 Å². The molecule has 0 saturated carbocycles. The van der Waals surface area contributed by atoms with E-state index in [1.165, 1.54) is 11.3 Å². The third-order valence-electron chi connectivity index (χ3n) is 3.99. The number of pyridine rings is 1. The van der Waals surface area contributed by atoms with Gasteiger partial charge in [0.15, 0.2) is 0 Å². The number of nitrogens with two attached hydrogens (primary N) is 1. The van der Waals surface area contributed by atoms with Crippen LogP contribution in [0.3, 0.4) is 0 Å². The molecule has 1 aliphatic rings. The van der Waals surface area contributed by atoms with Crippen LogP contribution in [-0.4, -0.2) is 42.1 Å². The van der Waals surface area contributed by atoms with Gasteiger partial charge in [0.1, 0.15) is 9.71 Å². The van der Waals surface area contributed by atoms with Crippen LogP contribution in [0.25, 0.3) is 10.2 Å². The van der Waals surface area contributed by atoms with Gasteiger partial charge in [-0.3, -0.25) is 4.79 Å². The summed E-state index contributed by atoms with van der Waals surface area (Å²) in [4.78, 5) is 20.4. The minimum Gasteiger partial charge on any atom is -0.397 e. The number of carbonyl (C=O) groups excluding carboxylic acids is 1. The molecule has 3 rings (SSSR count). The molecule has 0 aliphatic carbocycles. The van der Waals surface area contributed by atoms with Crippen LogP contribution in [0, 0.1) is 13.8 Å². The Balaban J connectivity index is 2.02. The molecule has 1 atom stereocenters. The number of hydrogen-bond donors (Lipinski definition) is 1. The second kappa shape index (κ2) is 5.27. The Hall–Kier alpha value is -1.66. The predicted molar refractivity (Wildman–Crippen MR) is 84.8 cm³/mol. The van der Waals surface area contributed by atoms with Crippen molar-refractivity contribution in [2.75, 3.05) is 26.0 Å². The molecule has 5 nitrogen and oxygen atoms in total. The molecule has 6 heteroatoms. The second-order valence-corrected chi connectivity index (χ2v) is 6.54. The third-order valence-corrected chi connectivity index (χ3v) is 5.08. The minimum atomic E-state index is -0.0388. The van der Waals surface area contributed by atoms with Crippen LogP contribution in [0.5, 0.6) is 0 Å². The zero-order valence-electron chi connectivity index (χ0n) is 12.5. The molecule has 1 fully saturated rings. The SMILES string of the molecule is Cc1cc(C)c2c(N)c(C(=O)N(C)C3CCOC3)sc2n1. The van der Waals surface area contributed by atoms with Crippen molar-refractivity contribution in [2.24, 2.45) is 0 Å². The van der Waals surface area contributed by atoms with Crippen molar-refractivity contribution in [3.63, 3.8) is 0 Å². The van der Waals surface area contributed by atoms with E-state index in [2.05, 4.69) is 4.98 Å². The molecule has 2 aromatic heterocycles. The molecule has 0 aromatic carbocycles. The lowest BCUT2D eigenvalue weighted by atomic mass is 10.1. The van der Waals surface area contributed by atoms with E-state index in [0.717, 1.165) is 27.9 Å². The Kier molecular flexibility index (Phi) is 3.59. The maximum atomic E-state index is 12.7. The van der Waals surface area contributed by atoms with Crippen molar-refractivity contribution in [1.82, 2.24) is 9.88 Å². The molecule has 0 spiro atoms. The van der Waals surface area contributed by atoms with Crippen LogP contribution in [0.15, 0.2) is 6.07 Å². The van der Waals surface area contributed by atoms with Crippen LogP contribution in [0.1, 0.15) is 27.3 Å². The number of nitrogen functional groups attached to an aromatic ring is 1. The highest BCUT2D eigenvalue weighted by molar-refractivity contribution is 7.21. The molecule has 1 unspecified atom stereocenters. The van der Waals surface area contributed by atoms with Crippen molar-refractivity contribution >= 4 is 33.1 Å². The number of amides is 1. The number of aromatic nitrogens is 1. The number of likely N-dealkylation sites (N-methyl/N-ethyl adjacent to an activating group) is 1. The van der Waals surface area contributed by atoms with Gasteiger partial charge in [0.2, 0.25) is 0 Å². The van der Waals surface area contributed by atoms with Crippen LogP contribution in [0.2, 0.25) is 0 Å². The normalized spacial score (nSPS) is 18.3. The first-order valence-electron chi connectivity index (χ1n) is 7.00. The number of anilines is 1. The van der Waals surface area contributed by atoms with Crippen LogP contribution in [0.4, 0.5) is 5.69 Å². The molecule has 21 heavy (non-hydrogen) atoms. The molecule has 0 bridgehead atoms. The van der Waals surface area contributed by atoms with Crippen LogP contribution < -0.4 is 5.73 Å². The summed E-state index contributed by atoms with van der Waals surface area (Å²) in [6.45, 7) is 5.27. The first kappa shape index (κ1) is 14.3. The van der Waals surface area contributed by atoms with Crippen molar-refractivity contribution in [3.05, 3.63) is 22.2 Å². The number of carbonyl (C=O) groups is 1. The molecule has 112 valence electrons. The number of hydrogen-bond acceptors (Lipinski definition) is 5. The highest BCUT2D eigenvalue weighted by Gasteiger charge is 2.28. The highest BCUT2D eigenvalue weighted by atomic mass is 32.1. The maximum absolute atomic E-state index is 12.7. The standard InChI is InChI=1S/C15H19N3O2S/c1-8-6-9(2)17-14-11(8)12(16)13(21-14)15(19)18(3)10-4-5-20-7-10/h6,10H,4-5,7,16H2,1-3H3. The lowest BCUT2D eigenvalue weighted by molar-refractivity contribution is 0.0717. The summed E-state index contributed by atoms with van der Waals surface area (Å²) in [5.74, 6) is -0.0388. The van der Waals surface area contributed by atoms with E-state index in [9.17, 15) is 4.79 Å². The molecule has 1 aliphatic heterocycles. The highest BCUT2D eigenvalue weighted by Crippen LogP contribution is 2.36. The van der Waals surface area contributed by atoms with E-state index < -0.39 is 0 Å². The third kappa shape index (κ3) is 2.38. The average Bonchev–Trinajstić information content (AvgIpc) is 3.05. The van der Waals surface area contributed by atoms with Gasteiger partial charge in [-0.15, -0.1) is 11.3 Å². The molecule has 3 heterocycles. The minimum absolute atomic E-state index is 0.0388. The zero-order valence-corrected chi connectivity index (χ0v) is 13.3. The van der Waals surface area contributed by atoms with Gasteiger partial charge in [-0.25, -0.2) is 4.98 Å². The fourth-order valence-electron chi connectivity index (χ4n) is 2.78. The quantitative estimate of drug-likeness (QED) is 0.925. The molecule has 2 aromatic rings. The Bertz CT molecular complexity index is 704. The molecule has 1 amide bonds. The lowest BCUT2D eigenvalue weighted by Crippen LogP contribution is -2.37. The van der Waals surface area contributed by atoms with Gasteiger partial charge in [-0.2, -0.15) is 0 Å². The Morgan fingerprint density at radius 1 is 1.52 bits per heavy atom. The van der Waals surface area contributed by atoms with Crippen molar-refractivity contribution < 1.29 is 9.53 Å². The number of ether oxygens (including phenoxy) is 1. The maximum Gasteiger partial charge on any atom is 0.266 e. The number of rotatable bonds is 2. The topological polar surface area (TPSA) is 68.5 Å². The summed E-state index contributed by atoms with van der Waals surface area (Å²) in [5, 5.41) is 0.907. The second-order valence-electron chi connectivity index (χ2n) is 5.54. The average molecular weight is 305 g/mol. The Morgan fingerprint density at radius 2 is 2.29 bits per heavy atom. The first-order valence-corrected chi connectivity index (χ1v) is 7.81. The van der Waals surface area contributed by atoms with Gasteiger partial charge in [-0.05, 0) is 31.9 Å². The van der Waals surface area contributed by atoms with Gasteiger partial charge in [0.05, 0.1) is 18.3 Å². The Morgan fingerprint density at radius 3 is 2.95 bits per heavy atom. The molecular formula is C15H19N3O2S. The smallest absolute Gasteiger partial charge is 0.266 e. The summed E-state index contributed by atoms with van der Waals surface area (Å²) >= 11 is 1.38. The first-order chi connectivity index (χ1) is 9.99. The summed E-state index contributed by atoms with van der Waals surface area (Å²) < 4.78 is 5.35. The number of nitrogens with zero attached hydrogens (tertiary/aromatic N) is 2. The fraction of sp³-hybridized carbons (Fsp3) is 0.467. The number of fused-ring (bicyclic) bond motifs is 1. The van der Waals surface area contributed by atoms with E-state index in [-0.39, 0.29) is 11.9 Å². The van der Waals surface area contributed by atoms with Crippen molar-refractivity contribution in [1.29, 1.82) is 0 Å². The summed E-state index contributed by atoms with van der Waals surface area (Å²) in [6, 6.07) is 2.13. The van der Waals surface area contributed by atoms with Gasteiger partial charge in [0, 0.05) is 24.7 Å². The van der Waals surface area contributed by atoms with Crippen LogP contribution in [-0.2, 0) is 4.74 Å². The van der Waals surface area contributed by atoms with E-state index >= 15 is 0 Å². The largest absolute Gasteiger partial charge is 0.397 e. The lowest BCUT2D eigenvalue weighted by Gasteiger charge is -2.22. The molecule has 2 N–H and O–H groups in total. The summed E-state index contributed by atoms with van der Waals surface area (Å²) in [5.41, 5.74) is 8.78. The monoisotopic (exact) mass is 305 g/mol. The van der Waals surface area contributed by atoms with Crippen LogP contribution >= 0.6 is 11.3 Å². The van der Waals surface area contributed by atoms with E-state index in [1.807, 2.05) is 27.0 Å². The summed E-state index contributed by atoms with van der Waals surface area (Å²) in [6.07, 6.45) is 0.878. The predicted octanol–water partition coefficient (Wildman–Crippen LogP) is 2.36. The number of thiophene rings is 1. The van der Waals surface area contributed by atoms with Gasteiger partial charge in [0.25, 0.3) is 5.91 Å². The van der Waals surface area contributed by atoms with E-state index in [0.29, 0.717) is 23.8 Å². The molecule has 1 saturated heterocycles. The zero-order chi connectivity index (χ0) is 15.1. The van der Waals surface area contributed by atoms with Gasteiger partial charge >= 0.3 is 0 Å². The fourth-order valence-corrected chi connectivity index (χ4v) is 3.98. The Labute approximate surface area is 127 Å². The van der Waals surface area contributed by atoms with Gasteiger partial charge in [-0.1, -0.05) is 0 Å². The number of aryl methyl sites for hydroxylation is 2. The van der Waals surface area contributed by atoms with E-state index in [4.69, 9.17) is 10.5 Å². The van der Waals surface area contributed by atoms with Crippen molar-refractivity contribution in [3.8, 4) is 0 Å². The van der Waals surface area contributed by atoms with E-state index in [1.54, 1.807) is 4.90 Å².